The van der Waals surface area contributed by atoms with Crippen molar-refractivity contribution in [2.45, 2.75) is 71.5 Å². The summed E-state index contributed by atoms with van der Waals surface area (Å²) in [5.74, 6) is 1.39. The van der Waals surface area contributed by atoms with Crippen LogP contribution >= 0.6 is 0 Å². The SMILES string of the molecule is CC(C)(C)c1ccc(-c2noc(CN3CCCC(C(=O)NCc4cccc(CN5CCCC5=O)c4)C3)n2)cc1. The predicted molar refractivity (Wildman–Crippen MR) is 149 cm³/mol. The smallest absolute Gasteiger partial charge is 0.241 e. The van der Waals surface area contributed by atoms with Gasteiger partial charge in [0.1, 0.15) is 0 Å². The van der Waals surface area contributed by atoms with Crippen molar-refractivity contribution in [3.05, 3.63) is 71.1 Å². The lowest BCUT2D eigenvalue weighted by atomic mass is 9.87. The van der Waals surface area contributed by atoms with Crippen molar-refractivity contribution in [1.82, 2.24) is 25.3 Å². The second-order valence-corrected chi connectivity index (χ2v) is 11.9. The fourth-order valence-corrected chi connectivity index (χ4v) is 5.42. The van der Waals surface area contributed by atoms with E-state index in [0.29, 0.717) is 44.3 Å². The Morgan fingerprint density at radius 2 is 1.85 bits per heavy atom. The topological polar surface area (TPSA) is 91.6 Å². The summed E-state index contributed by atoms with van der Waals surface area (Å²) >= 11 is 0. The van der Waals surface area contributed by atoms with Crippen LogP contribution in [0, 0.1) is 5.92 Å². The van der Waals surface area contributed by atoms with Crippen LogP contribution in [0.4, 0.5) is 0 Å². The summed E-state index contributed by atoms with van der Waals surface area (Å²) in [7, 11) is 0. The zero-order valence-electron chi connectivity index (χ0n) is 23.3. The lowest BCUT2D eigenvalue weighted by Gasteiger charge is -2.30. The van der Waals surface area contributed by atoms with Gasteiger partial charge in [-0.15, -0.1) is 0 Å². The molecule has 1 N–H and O–H groups in total. The first-order chi connectivity index (χ1) is 18.7. The van der Waals surface area contributed by atoms with E-state index < -0.39 is 0 Å². The molecule has 5 rings (SSSR count). The number of piperidine rings is 1. The van der Waals surface area contributed by atoms with Gasteiger partial charge in [0.15, 0.2) is 0 Å². The minimum absolute atomic E-state index is 0.0727. The normalized spacial score (nSPS) is 18.5. The molecule has 206 valence electrons. The minimum Gasteiger partial charge on any atom is -0.352 e. The number of carbonyl (C=O) groups excluding carboxylic acids is 2. The molecule has 3 heterocycles. The highest BCUT2D eigenvalue weighted by Crippen LogP contribution is 2.26. The van der Waals surface area contributed by atoms with Crippen LogP contribution in [0.15, 0.2) is 53.1 Å². The molecule has 0 bridgehead atoms. The van der Waals surface area contributed by atoms with Gasteiger partial charge in [0, 0.05) is 38.2 Å². The number of likely N-dealkylation sites (tertiary alicyclic amines) is 2. The molecule has 39 heavy (non-hydrogen) atoms. The number of benzene rings is 2. The Hall–Kier alpha value is -3.52. The first-order valence-electron chi connectivity index (χ1n) is 14.0. The summed E-state index contributed by atoms with van der Waals surface area (Å²) < 4.78 is 5.56. The van der Waals surface area contributed by atoms with E-state index in [-0.39, 0.29) is 23.1 Å². The van der Waals surface area contributed by atoms with Crippen molar-refractivity contribution in [2.75, 3.05) is 19.6 Å². The Morgan fingerprint density at radius 1 is 1.05 bits per heavy atom. The third-order valence-corrected chi connectivity index (χ3v) is 7.72. The molecule has 2 aliphatic heterocycles. The summed E-state index contributed by atoms with van der Waals surface area (Å²) in [6, 6.07) is 16.5. The summed E-state index contributed by atoms with van der Waals surface area (Å²) in [6.07, 6.45) is 3.40. The van der Waals surface area contributed by atoms with Crippen LogP contribution in [0.2, 0.25) is 0 Å². The maximum Gasteiger partial charge on any atom is 0.241 e. The zero-order valence-corrected chi connectivity index (χ0v) is 23.3. The van der Waals surface area contributed by atoms with Gasteiger partial charge in [-0.25, -0.2) is 0 Å². The molecule has 2 aromatic carbocycles. The largest absolute Gasteiger partial charge is 0.352 e. The summed E-state index contributed by atoms with van der Waals surface area (Å²) in [6.45, 7) is 10.6. The second-order valence-electron chi connectivity index (χ2n) is 11.9. The maximum absolute atomic E-state index is 13.0. The Labute approximate surface area is 230 Å². The third kappa shape index (κ3) is 6.92. The van der Waals surface area contributed by atoms with Gasteiger partial charge >= 0.3 is 0 Å². The number of rotatable bonds is 8. The first-order valence-corrected chi connectivity index (χ1v) is 14.0. The molecule has 1 unspecified atom stereocenters. The summed E-state index contributed by atoms with van der Waals surface area (Å²) in [5, 5.41) is 7.32. The lowest BCUT2D eigenvalue weighted by Crippen LogP contribution is -2.42. The second kappa shape index (κ2) is 11.7. The van der Waals surface area contributed by atoms with E-state index in [1.165, 1.54) is 5.56 Å². The fourth-order valence-electron chi connectivity index (χ4n) is 5.42. The van der Waals surface area contributed by atoms with Crippen molar-refractivity contribution < 1.29 is 14.1 Å². The van der Waals surface area contributed by atoms with Gasteiger partial charge in [-0.1, -0.05) is 74.5 Å². The Balaban J connectivity index is 1.12. The zero-order chi connectivity index (χ0) is 27.4. The molecule has 3 aromatic rings. The van der Waals surface area contributed by atoms with Crippen molar-refractivity contribution in [2.24, 2.45) is 5.92 Å². The number of amides is 2. The van der Waals surface area contributed by atoms with E-state index in [4.69, 9.17) is 4.52 Å². The van der Waals surface area contributed by atoms with Crippen molar-refractivity contribution >= 4 is 11.8 Å². The van der Waals surface area contributed by atoms with Crippen molar-refractivity contribution in [1.29, 1.82) is 0 Å². The van der Waals surface area contributed by atoms with E-state index in [2.05, 4.69) is 59.3 Å². The number of hydrogen-bond acceptors (Lipinski definition) is 6. The molecule has 2 saturated heterocycles. The van der Waals surface area contributed by atoms with Crippen molar-refractivity contribution in [3.8, 4) is 11.4 Å². The summed E-state index contributed by atoms with van der Waals surface area (Å²) in [5.41, 5.74) is 4.44. The number of nitrogens with zero attached hydrogens (tertiary/aromatic N) is 4. The molecular weight excluding hydrogens is 490 g/mol. The highest BCUT2D eigenvalue weighted by molar-refractivity contribution is 5.79. The van der Waals surface area contributed by atoms with E-state index >= 15 is 0 Å². The van der Waals surface area contributed by atoms with E-state index in [9.17, 15) is 9.59 Å². The Bertz CT molecular complexity index is 1290. The molecule has 1 aromatic heterocycles. The van der Waals surface area contributed by atoms with Gasteiger partial charge in [0.05, 0.1) is 12.5 Å². The first kappa shape index (κ1) is 27.1. The average molecular weight is 530 g/mol. The average Bonchev–Trinajstić information content (AvgIpc) is 3.56. The molecule has 0 saturated carbocycles. The van der Waals surface area contributed by atoms with Gasteiger partial charge in [0.2, 0.25) is 23.5 Å². The number of hydrogen-bond donors (Lipinski definition) is 1. The van der Waals surface area contributed by atoms with E-state index in [1.54, 1.807) is 0 Å². The molecule has 8 nitrogen and oxygen atoms in total. The van der Waals surface area contributed by atoms with Crippen molar-refractivity contribution in [3.63, 3.8) is 0 Å². The van der Waals surface area contributed by atoms with Crippen LogP contribution in [-0.2, 0) is 34.6 Å². The minimum atomic E-state index is -0.0727. The van der Waals surface area contributed by atoms with Gasteiger partial charge < -0.3 is 14.7 Å². The Kier molecular flexibility index (Phi) is 8.12. The standard InChI is InChI=1S/C31H39N5O3/c1-31(2,3)26-13-11-24(12-14-26)29-33-27(39-34-29)21-35-15-5-9-25(20-35)30(38)32-18-22-7-4-8-23(17-22)19-36-16-6-10-28(36)37/h4,7-8,11-14,17,25H,5-6,9-10,15-16,18-21H2,1-3H3,(H,32,38). The fraction of sp³-hybridized carbons (Fsp3) is 0.484. The van der Waals surface area contributed by atoms with E-state index in [1.807, 2.05) is 35.2 Å². The molecule has 8 heteroatoms. The highest BCUT2D eigenvalue weighted by atomic mass is 16.5. The molecule has 2 amide bonds. The van der Waals surface area contributed by atoms with Crippen LogP contribution in [-0.4, -0.2) is 51.4 Å². The number of aromatic nitrogens is 2. The predicted octanol–water partition coefficient (Wildman–Crippen LogP) is 4.68. The number of nitrogens with one attached hydrogen (secondary N) is 1. The summed E-state index contributed by atoms with van der Waals surface area (Å²) in [4.78, 5) is 33.7. The third-order valence-electron chi connectivity index (χ3n) is 7.72. The molecule has 2 aliphatic rings. The van der Waals surface area contributed by atoms with Crippen LogP contribution in [0.3, 0.4) is 0 Å². The van der Waals surface area contributed by atoms with Gasteiger partial charge in [-0.2, -0.15) is 4.98 Å². The van der Waals surface area contributed by atoms with Crippen LogP contribution < -0.4 is 5.32 Å². The lowest BCUT2D eigenvalue weighted by molar-refractivity contribution is -0.128. The molecule has 0 aliphatic carbocycles. The van der Waals surface area contributed by atoms with Gasteiger partial charge in [-0.3, -0.25) is 14.5 Å². The van der Waals surface area contributed by atoms with Crippen LogP contribution in [0.5, 0.6) is 0 Å². The quantitative estimate of drug-likeness (QED) is 0.455. The van der Waals surface area contributed by atoms with Gasteiger partial charge in [0.25, 0.3) is 0 Å². The Morgan fingerprint density at radius 3 is 2.59 bits per heavy atom. The molecule has 0 radical (unpaired) electrons. The highest BCUT2D eigenvalue weighted by Gasteiger charge is 2.27. The van der Waals surface area contributed by atoms with Gasteiger partial charge in [-0.05, 0) is 47.9 Å². The van der Waals surface area contributed by atoms with Crippen LogP contribution in [0.25, 0.3) is 11.4 Å². The molecular formula is C31H39N5O3. The molecule has 1 atom stereocenters. The molecule has 2 fully saturated rings. The molecule has 0 spiro atoms. The maximum atomic E-state index is 13.0. The number of carbonyl (C=O) groups is 2. The van der Waals surface area contributed by atoms with E-state index in [0.717, 1.165) is 49.0 Å². The monoisotopic (exact) mass is 529 g/mol. The van der Waals surface area contributed by atoms with Crippen LogP contribution in [0.1, 0.15) is 69.0 Å².